The van der Waals surface area contributed by atoms with Crippen LogP contribution in [0.15, 0.2) is 28.9 Å². The van der Waals surface area contributed by atoms with Crippen molar-refractivity contribution in [3.8, 4) is 0 Å². The van der Waals surface area contributed by atoms with Crippen molar-refractivity contribution in [3.63, 3.8) is 0 Å². The quantitative estimate of drug-likeness (QED) is 0.785. The molecule has 4 amide bonds. The van der Waals surface area contributed by atoms with Crippen LogP contribution in [0.25, 0.3) is 5.52 Å². The Morgan fingerprint density at radius 3 is 3.13 bits per heavy atom. The average Bonchev–Trinajstić information content (AvgIpc) is 3.10. The van der Waals surface area contributed by atoms with E-state index in [-0.39, 0.29) is 18.1 Å². The van der Waals surface area contributed by atoms with Crippen molar-refractivity contribution < 1.29 is 9.59 Å². The predicted octanol–water partition coefficient (Wildman–Crippen LogP) is 1.34. The van der Waals surface area contributed by atoms with Crippen LogP contribution in [0, 0.1) is 0 Å². The van der Waals surface area contributed by atoms with E-state index in [0.717, 1.165) is 9.99 Å². The molecule has 9 heteroatoms. The lowest BCUT2D eigenvalue weighted by Crippen LogP contribution is -2.54. The van der Waals surface area contributed by atoms with Crippen LogP contribution in [0.1, 0.15) is 0 Å². The molecule has 2 N–H and O–H groups in total. The number of aromatic nitrogens is 2. The summed E-state index contributed by atoms with van der Waals surface area (Å²) in [7, 11) is 0. The van der Waals surface area contributed by atoms with Crippen LogP contribution >= 0.6 is 15.9 Å². The van der Waals surface area contributed by atoms with E-state index < -0.39 is 0 Å². The lowest BCUT2D eigenvalue weighted by atomic mass is 10.2. The first-order valence-corrected chi connectivity index (χ1v) is 8.15. The number of halogens is 1. The summed E-state index contributed by atoms with van der Waals surface area (Å²) < 4.78 is 2.62. The molecular weight excluding hydrogens is 364 g/mol. The minimum absolute atomic E-state index is 0.0408. The number of nitrogens with one attached hydrogen (secondary N) is 2. The van der Waals surface area contributed by atoms with Gasteiger partial charge >= 0.3 is 12.1 Å². The summed E-state index contributed by atoms with van der Waals surface area (Å²) in [5, 5.41) is 9.97. The first-order valence-electron chi connectivity index (χ1n) is 7.35. The lowest BCUT2D eigenvalue weighted by Gasteiger charge is -2.36. The smallest absolute Gasteiger partial charge is 0.323 e. The molecule has 0 radical (unpaired) electrons. The van der Waals surface area contributed by atoms with E-state index in [1.54, 1.807) is 14.3 Å². The topological polar surface area (TPSA) is 82.0 Å². The highest BCUT2D eigenvalue weighted by molar-refractivity contribution is 9.10. The van der Waals surface area contributed by atoms with Crippen molar-refractivity contribution in [2.75, 3.05) is 31.5 Å². The van der Waals surface area contributed by atoms with Crippen LogP contribution in [-0.2, 0) is 0 Å². The second-order valence-corrected chi connectivity index (χ2v) is 6.57. The number of amides is 4. The Morgan fingerprint density at radius 1 is 1.39 bits per heavy atom. The number of pyridine rings is 1. The molecule has 2 fully saturated rings. The molecule has 0 unspecified atom stereocenters. The SMILES string of the molecule is O=C(Nc1cc2ccc(Br)cn2n1)N1CCN2C(=O)NC[C@@H]2C1. The highest BCUT2D eigenvalue weighted by Gasteiger charge is 2.36. The van der Waals surface area contributed by atoms with Gasteiger partial charge in [-0.15, -0.1) is 5.10 Å². The van der Waals surface area contributed by atoms with Crippen molar-refractivity contribution >= 4 is 39.3 Å². The van der Waals surface area contributed by atoms with Gasteiger partial charge in [-0.05, 0) is 28.1 Å². The fraction of sp³-hybridized carbons (Fsp3) is 0.357. The molecule has 0 saturated carbocycles. The Morgan fingerprint density at radius 2 is 2.26 bits per heavy atom. The molecule has 23 heavy (non-hydrogen) atoms. The normalized spacial score (nSPS) is 20.6. The zero-order valence-electron chi connectivity index (χ0n) is 12.2. The van der Waals surface area contributed by atoms with Crippen molar-refractivity contribution in [1.82, 2.24) is 24.7 Å². The zero-order valence-corrected chi connectivity index (χ0v) is 13.8. The highest BCUT2D eigenvalue weighted by atomic mass is 79.9. The van der Waals surface area contributed by atoms with Gasteiger partial charge in [-0.25, -0.2) is 14.1 Å². The third kappa shape index (κ3) is 2.61. The van der Waals surface area contributed by atoms with Gasteiger partial charge < -0.3 is 15.1 Å². The maximum Gasteiger partial charge on any atom is 0.323 e. The van der Waals surface area contributed by atoms with Crippen LogP contribution in [0.4, 0.5) is 15.4 Å². The summed E-state index contributed by atoms with van der Waals surface area (Å²) in [5.41, 5.74) is 0.902. The van der Waals surface area contributed by atoms with Crippen molar-refractivity contribution in [1.29, 1.82) is 0 Å². The van der Waals surface area contributed by atoms with Crippen LogP contribution in [-0.4, -0.2) is 63.7 Å². The first-order chi connectivity index (χ1) is 11.1. The third-order valence-electron chi connectivity index (χ3n) is 4.18. The van der Waals surface area contributed by atoms with Crippen LogP contribution in [0.2, 0.25) is 0 Å². The molecule has 0 aliphatic carbocycles. The number of piperazine rings is 1. The number of hydrogen-bond donors (Lipinski definition) is 2. The van der Waals surface area contributed by atoms with Gasteiger partial charge in [0.1, 0.15) is 0 Å². The fourth-order valence-electron chi connectivity index (χ4n) is 3.00. The molecule has 0 aromatic carbocycles. The van der Waals surface area contributed by atoms with E-state index in [9.17, 15) is 9.59 Å². The second-order valence-electron chi connectivity index (χ2n) is 5.66. The number of carbonyl (C=O) groups is 2. The molecular formula is C14H15BrN6O2. The largest absolute Gasteiger partial charge is 0.336 e. The minimum atomic E-state index is -0.188. The zero-order chi connectivity index (χ0) is 16.0. The molecule has 2 aromatic heterocycles. The Kier molecular flexibility index (Phi) is 3.37. The monoisotopic (exact) mass is 378 g/mol. The summed E-state index contributed by atoms with van der Waals surface area (Å²) in [6.07, 6.45) is 1.83. The van der Waals surface area contributed by atoms with Gasteiger partial charge in [0.2, 0.25) is 0 Å². The summed E-state index contributed by atoms with van der Waals surface area (Å²) >= 11 is 3.39. The molecule has 0 bridgehead atoms. The number of nitrogens with zero attached hydrogens (tertiary/aromatic N) is 4. The highest BCUT2D eigenvalue weighted by Crippen LogP contribution is 2.18. The first kappa shape index (κ1) is 14.3. The standard InChI is InChI=1S/C14H15BrN6O2/c15-9-1-2-10-5-12(18-21(10)7-9)17-14(23)19-3-4-20-11(8-19)6-16-13(20)22/h1-2,5,7,11H,3-4,6,8H2,(H,16,22)(H,17,18,23)/t11-/m1/s1. The number of rotatable bonds is 1. The molecule has 8 nitrogen and oxygen atoms in total. The van der Waals surface area contributed by atoms with Gasteiger partial charge in [0.25, 0.3) is 0 Å². The average molecular weight is 379 g/mol. The number of anilines is 1. The molecule has 2 aliphatic heterocycles. The summed E-state index contributed by atoms with van der Waals surface area (Å²) in [6, 6.07) is 5.49. The number of fused-ring (bicyclic) bond motifs is 2. The maximum atomic E-state index is 12.4. The van der Waals surface area contributed by atoms with Gasteiger partial charge in [0.15, 0.2) is 5.82 Å². The summed E-state index contributed by atoms with van der Waals surface area (Å²) in [6.45, 7) is 2.20. The minimum Gasteiger partial charge on any atom is -0.336 e. The molecule has 120 valence electrons. The Balaban J connectivity index is 1.45. The van der Waals surface area contributed by atoms with E-state index in [4.69, 9.17) is 0 Å². The third-order valence-corrected chi connectivity index (χ3v) is 4.65. The van der Waals surface area contributed by atoms with E-state index in [2.05, 4.69) is 31.7 Å². The van der Waals surface area contributed by atoms with Crippen LogP contribution < -0.4 is 10.6 Å². The second kappa shape index (κ2) is 5.41. The van der Waals surface area contributed by atoms with E-state index in [1.165, 1.54) is 0 Å². The number of urea groups is 2. The van der Waals surface area contributed by atoms with E-state index >= 15 is 0 Å². The molecule has 4 rings (SSSR count). The van der Waals surface area contributed by atoms with Gasteiger partial charge in [-0.3, -0.25) is 5.32 Å². The molecule has 2 aliphatic rings. The van der Waals surface area contributed by atoms with E-state index in [1.807, 2.05) is 24.4 Å². The van der Waals surface area contributed by atoms with Crippen LogP contribution in [0.3, 0.4) is 0 Å². The number of carbonyl (C=O) groups excluding carboxylic acids is 2. The van der Waals surface area contributed by atoms with Crippen molar-refractivity contribution in [2.24, 2.45) is 0 Å². The van der Waals surface area contributed by atoms with Gasteiger partial charge in [-0.1, -0.05) is 0 Å². The van der Waals surface area contributed by atoms with Gasteiger partial charge in [0.05, 0.1) is 11.6 Å². The molecule has 0 spiro atoms. The summed E-state index contributed by atoms with van der Waals surface area (Å²) in [5.74, 6) is 0.510. The number of hydrogen-bond acceptors (Lipinski definition) is 3. The van der Waals surface area contributed by atoms with Gasteiger partial charge in [-0.2, -0.15) is 0 Å². The van der Waals surface area contributed by atoms with Crippen molar-refractivity contribution in [3.05, 3.63) is 28.9 Å². The summed E-state index contributed by atoms with van der Waals surface area (Å²) in [4.78, 5) is 27.5. The molecule has 2 aromatic rings. The Bertz CT molecular complexity index is 791. The maximum absolute atomic E-state index is 12.4. The predicted molar refractivity (Wildman–Crippen MR) is 87.4 cm³/mol. The Labute approximate surface area is 140 Å². The van der Waals surface area contributed by atoms with Crippen molar-refractivity contribution in [2.45, 2.75) is 6.04 Å². The molecule has 4 heterocycles. The molecule has 2 saturated heterocycles. The molecule has 1 atom stereocenters. The Hall–Kier alpha value is -2.29. The fourth-order valence-corrected chi connectivity index (χ4v) is 3.33. The van der Waals surface area contributed by atoms with Crippen LogP contribution in [0.5, 0.6) is 0 Å². The lowest BCUT2D eigenvalue weighted by molar-refractivity contribution is 0.136. The van der Waals surface area contributed by atoms with Gasteiger partial charge in [0, 0.05) is 42.9 Å². The van der Waals surface area contributed by atoms with E-state index in [0.29, 0.717) is 32.0 Å².